The van der Waals surface area contributed by atoms with Crippen molar-refractivity contribution >= 4 is 17.5 Å². The molecule has 2 aromatic heterocycles. The van der Waals surface area contributed by atoms with Gasteiger partial charge in [-0.3, -0.25) is 14.8 Å². The van der Waals surface area contributed by atoms with Crippen molar-refractivity contribution < 1.29 is 4.79 Å². The van der Waals surface area contributed by atoms with Gasteiger partial charge in [0.25, 0.3) is 0 Å². The number of nitrogens with zero attached hydrogens (tertiary/aromatic N) is 2. The topological polar surface area (TPSA) is 42.9 Å². The summed E-state index contributed by atoms with van der Waals surface area (Å²) in [6.07, 6.45) is 5.54. The normalized spacial score (nSPS) is 18.8. The number of fused-ring (bicyclic) bond motifs is 8. The van der Waals surface area contributed by atoms with Crippen molar-refractivity contribution in [2.24, 2.45) is 0 Å². The van der Waals surface area contributed by atoms with Crippen LogP contribution >= 0.6 is 11.8 Å². The highest BCUT2D eigenvalue weighted by molar-refractivity contribution is 7.99. The Morgan fingerprint density at radius 1 is 0.714 bits per heavy atom. The van der Waals surface area contributed by atoms with Crippen LogP contribution in [0.2, 0.25) is 0 Å². The summed E-state index contributed by atoms with van der Waals surface area (Å²) >= 11 is 1.75. The molecule has 2 aromatic carbocycles. The average molecular weight is 378 g/mol. The number of carbonyl (C=O) groups is 1. The predicted molar refractivity (Wildman–Crippen MR) is 108 cm³/mol. The summed E-state index contributed by atoms with van der Waals surface area (Å²) in [5.74, 6) is 0.0328. The Balaban J connectivity index is 1.88. The first-order valence-corrected chi connectivity index (χ1v) is 9.95. The summed E-state index contributed by atoms with van der Waals surface area (Å²) in [4.78, 5) is 24.9. The van der Waals surface area contributed by atoms with Gasteiger partial charge in [-0.2, -0.15) is 0 Å². The molecule has 1 atom stereocenters. The van der Waals surface area contributed by atoms with E-state index in [0.29, 0.717) is 5.56 Å². The zero-order chi connectivity index (χ0) is 18.7. The van der Waals surface area contributed by atoms with Crippen molar-refractivity contribution in [1.82, 2.24) is 9.97 Å². The molecule has 1 aliphatic carbocycles. The van der Waals surface area contributed by atoms with Crippen molar-refractivity contribution in [2.75, 3.05) is 0 Å². The van der Waals surface area contributed by atoms with Crippen LogP contribution < -0.4 is 0 Å². The molecule has 0 fully saturated rings. The lowest BCUT2D eigenvalue weighted by molar-refractivity contribution is 0.103. The Bertz CT molecular complexity index is 1180. The molecule has 0 amide bonds. The van der Waals surface area contributed by atoms with Crippen molar-refractivity contribution in [3.63, 3.8) is 0 Å². The summed E-state index contributed by atoms with van der Waals surface area (Å²) in [5.41, 5.74) is 4.76. The Hall–Kier alpha value is -3.24. The quantitative estimate of drug-likeness (QED) is 0.378. The zero-order valence-electron chi connectivity index (χ0n) is 14.8. The van der Waals surface area contributed by atoms with Crippen LogP contribution in [0.5, 0.6) is 0 Å². The lowest BCUT2D eigenvalue weighted by Gasteiger charge is -2.43. The molecular formula is C24H14N2OS. The Kier molecular flexibility index (Phi) is 3.17. The van der Waals surface area contributed by atoms with Crippen LogP contribution in [0.3, 0.4) is 0 Å². The van der Waals surface area contributed by atoms with Crippen LogP contribution in [0.4, 0.5) is 0 Å². The smallest absolute Gasteiger partial charge is 0.195 e. The van der Waals surface area contributed by atoms with Gasteiger partial charge in [0, 0.05) is 45.1 Å². The fourth-order valence-corrected chi connectivity index (χ4v) is 5.75. The second-order valence-corrected chi connectivity index (χ2v) is 8.08. The van der Waals surface area contributed by atoms with E-state index in [4.69, 9.17) is 4.98 Å². The molecule has 4 heteroatoms. The number of aromatic nitrogens is 2. The highest BCUT2D eigenvalue weighted by Gasteiger charge is 2.51. The van der Waals surface area contributed by atoms with Gasteiger partial charge in [0.2, 0.25) is 0 Å². The SMILES string of the molecule is O=C1c2ccccc2C2(c3ccccc3Sc3ccncc32)c2ncccc21. The summed E-state index contributed by atoms with van der Waals surface area (Å²) < 4.78 is 0. The van der Waals surface area contributed by atoms with Crippen molar-refractivity contribution in [1.29, 1.82) is 0 Å². The average Bonchev–Trinajstić information content (AvgIpc) is 2.77. The maximum atomic E-state index is 13.3. The first-order chi connectivity index (χ1) is 13.8. The van der Waals surface area contributed by atoms with Crippen LogP contribution in [0, 0.1) is 0 Å². The summed E-state index contributed by atoms with van der Waals surface area (Å²) in [5, 5.41) is 0. The maximum absolute atomic E-state index is 13.3. The van der Waals surface area contributed by atoms with Gasteiger partial charge in [0.05, 0.1) is 11.1 Å². The summed E-state index contributed by atoms with van der Waals surface area (Å²) in [7, 11) is 0. The molecule has 4 aromatic rings. The minimum atomic E-state index is -0.646. The molecule has 0 saturated heterocycles. The second-order valence-electron chi connectivity index (χ2n) is 6.99. The third-order valence-corrected chi connectivity index (χ3v) is 6.83. The molecule has 28 heavy (non-hydrogen) atoms. The lowest BCUT2D eigenvalue weighted by Crippen LogP contribution is -2.41. The molecule has 2 aliphatic rings. The number of pyridine rings is 2. The Morgan fingerprint density at radius 3 is 2.39 bits per heavy atom. The third kappa shape index (κ3) is 1.83. The molecule has 0 saturated carbocycles. The predicted octanol–water partition coefficient (Wildman–Crippen LogP) is 4.87. The van der Waals surface area contributed by atoms with Crippen LogP contribution in [-0.2, 0) is 5.41 Å². The first-order valence-electron chi connectivity index (χ1n) is 9.13. The van der Waals surface area contributed by atoms with E-state index in [0.717, 1.165) is 32.8 Å². The zero-order valence-corrected chi connectivity index (χ0v) is 15.6. The van der Waals surface area contributed by atoms with Gasteiger partial charge < -0.3 is 0 Å². The minimum absolute atomic E-state index is 0.0328. The van der Waals surface area contributed by atoms with E-state index >= 15 is 0 Å². The van der Waals surface area contributed by atoms with Gasteiger partial charge in [-0.15, -0.1) is 0 Å². The molecule has 3 nitrogen and oxygen atoms in total. The monoisotopic (exact) mass is 378 g/mol. The Labute approximate surface area is 166 Å². The van der Waals surface area contributed by atoms with Crippen molar-refractivity contribution in [2.45, 2.75) is 15.2 Å². The van der Waals surface area contributed by atoms with E-state index in [-0.39, 0.29) is 5.78 Å². The fraction of sp³-hybridized carbons (Fsp3) is 0.0417. The minimum Gasteiger partial charge on any atom is -0.289 e. The maximum Gasteiger partial charge on any atom is 0.195 e. The van der Waals surface area contributed by atoms with E-state index in [9.17, 15) is 4.79 Å². The molecule has 1 unspecified atom stereocenters. The molecule has 0 N–H and O–H groups in total. The number of hydrogen-bond donors (Lipinski definition) is 0. The summed E-state index contributed by atoms with van der Waals surface area (Å²) in [6, 6.07) is 22.1. The largest absolute Gasteiger partial charge is 0.289 e. The molecule has 6 rings (SSSR count). The van der Waals surface area contributed by atoms with E-state index < -0.39 is 5.41 Å². The molecule has 1 aliphatic heterocycles. The molecule has 0 radical (unpaired) electrons. The second kappa shape index (κ2) is 5.63. The number of benzene rings is 2. The van der Waals surface area contributed by atoms with Gasteiger partial charge in [0.1, 0.15) is 0 Å². The Morgan fingerprint density at radius 2 is 1.46 bits per heavy atom. The standard InChI is InChI=1S/C24H14N2OS/c27-22-15-6-1-2-8-17(15)24(23-16(22)7-5-12-26-23)18-9-3-4-10-20(18)28-21-11-13-25-14-19(21)24/h1-14H. The van der Waals surface area contributed by atoms with Crippen molar-refractivity contribution in [3.05, 3.63) is 119 Å². The number of ketones is 1. The van der Waals surface area contributed by atoms with Gasteiger partial charge in [0.15, 0.2) is 5.78 Å². The third-order valence-electron chi connectivity index (χ3n) is 5.68. The lowest BCUT2D eigenvalue weighted by atomic mass is 9.61. The van der Waals surface area contributed by atoms with Gasteiger partial charge in [-0.05, 0) is 35.4 Å². The van der Waals surface area contributed by atoms with Crippen LogP contribution in [0.25, 0.3) is 0 Å². The number of hydrogen-bond acceptors (Lipinski definition) is 4. The van der Waals surface area contributed by atoms with Gasteiger partial charge in [-0.1, -0.05) is 54.2 Å². The van der Waals surface area contributed by atoms with Gasteiger partial charge in [-0.25, -0.2) is 0 Å². The fourth-order valence-electron chi connectivity index (χ4n) is 4.59. The molecule has 3 heterocycles. The van der Waals surface area contributed by atoms with Crippen LogP contribution in [-0.4, -0.2) is 15.8 Å². The van der Waals surface area contributed by atoms with Crippen LogP contribution in [0.15, 0.2) is 95.1 Å². The molecular weight excluding hydrogens is 364 g/mol. The van der Waals surface area contributed by atoms with Crippen LogP contribution in [0.1, 0.15) is 38.3 Å². The highest BCUT2D eigenvalue weighted by Crippen LogP contribution is 2.57. The number of carbonyl (C=O) groups excluding carboxylic acids is 1. The van der Waals surface area contributed by atoms with E-state index in [1.165, 1.54) is 4.90 Å². The highest BCUT2D eigenvalue weighted by atomic mass is 32.2. The summed E-state index contributed by atoms with van der Waals surface area (Å²) in [6.45, 7) is 0. The van der Waals surface area contributed by atoms with Crippen molar-refractivity contribution in [3.8, 4) is 0 Å². The first kappa shape index (κ1) is 15.8. The molecule has 132 valence electrons. The van der Waals surface area contributed by atoms with E-state index in [1.54, 1.807) is 18.0 Å². The molecule has 0 bridgehead atoms. The van der Waals surface area contributed by atoms with E-state index in [2.05, 4.69) is 41.4 Å². The number of rotatable bonds is 0. The van der Waals surface area contributed by atoms with E-state index in [1.807, 2.05) is 42.7 Å². The molecule has 1 spiro atoms. The van der Waals surface area contributed by atoms with Gasteiger partial charge >= 0.3 is 0 Å².